The zero-order valence-electron chi connectivity index (χ0n) is 18.1. The first-order chi connectivity index (χ1) is 13.2. The summed E-state index contributed by atoms with van der Waals surface area (Å²) in [6.45, 7) is 5.30. The van der Waals surface area contributed by atoms with E-state index in [1.54, 1.807) is 0 Å². The molecule has 1 rings (SSSR count). The lowest BCUT2D eigenvalue weighted by Crippen LogP contribution is -2.42. The standard InChI is InChI=1S/C23H47NO3/c1-3-5-7-9-11-13-15-17-20-22(26)23(27)21(19-25)24(20)18-16-14-12-10-8-6-4-2/h20-23,25-27H,3-19H2,1-2H3/t20-,21-,22+,23-/m1/s1. The van der Waals surface area contributed by atoms with Gasteiger partial charge in [-0.1, -0.05) is 97.3 Å². The fourth-order valence-corrected chi connectivity index (χ4v) is 4.54. The summed E-state index contributed by atoms with van der Waals surface area (Å²) >= 11 is 0. The average molecular weight is 386 g/mol. The normalized spacial score (nSPS) is 26.1. The number of hydrogen-bond donors (Lipinski definition) is 3. The molecule has 1 fully saturated rings. The highest BCUT2D eigenvalue weighted by atomic mass is 16.3. The first kappa shape index (κ1) is 24.9. The molecule has 0 aliphatic carbocycles. The van der Waals surface area contributed by atoms with Crippen molar-refractivity contribution in [1.29, 1.82) is 0 Å². The summed E-state index contributed by atoms with van der Waals surface area (Å²) in [7, 11) is 0. The average Bonchev–Trinajstić information content (AvgIpc) is 2.90. The summed E-state index contributed by atoms with van der Waals surface area (Å²) in [5, 5.41) is 30.6. The van der Waals surface area contributed by atoms with Gasteiger partial charge in [0, 0.05) is 6.04 Å². The Labute approximate surface area is 168 Å². The third kappa shape index (κ3) is 9.25. The van der Waals surface area contributed by atoms with E-state index in [0.29, 0.717) is 0 Å². The third-order valence-electron chi connectivity index (χ3n) is 6.30. The highest BCUT2D eigenvalue weighted by molar-refractivity contribution is 5.00. The van der Waals surface area contributed by atoms with Crippen molar-refractivity contribution in [3.05, 3.63) is 0 Å². The van der Waals surface area contributed by atoms with Crippen LogP contribution in [0.5, 0.6) is 0 Å². The minimum atomic E-state index is -0.811. The highest BCUT2D eigenvalue weighted by Crippen LogP contribution is 2.29. The monoisotopic (exact) mass is 385 g/mol. The molecule has 1 saturated heterocycles. The van der Waals surface area contributed by atoms with E-state index in [-0.39, 0.29) is 18.7 Å². The Morgan fingerprint density at radius 1 is 0.593 bits per heavy atom. The molecule has 162 valence electrons. The molecule has 1 aliphatic heterocycles. The second-order valence-electron chi connectivity index (χ2n) is 8.57. The Hall–Kier alpha value is -0.160. The molecular formula is C23H47NO3. The van der Waals surface area contributed by atoms with Gasteiger partial charge < -0.3 is 15.3 Å². The second-order valence-corrected chi connectivity index (χ2v) is 8.57. The van der Waals surface area contributed by atoms with Crippen molar-refractivity contribution in [2.45, 2.75) is 134 Å². The Morgan fingerprint density at radius 2 is 1.04 bits per heavy atom. The van der Waals surface area contributed by atoms with Crippen molar-refractivity contribution in [1.82, 2.24) is 4.90 Å². The third-order valence-corrected chi connectivity index (χ3v) is 6.30. The molecule has 4 nitrogen and oxygen atoms in total. The zero-order valence-corrected chi connectivity index (χ0v) is 18.1. The maximum atomic E-state index is 10.5. The predicted molar refractivity (Wildman–Crippen MR) is 114 cm³/mol. The maximum Gasteiger partial charge on any atom is 0.0991 e. The number of rotatable bonds is 17. The van der Waals surface area contributed by atoms with Crippen LogP contribution in [0.1, 0.15) is 110 Å². The number of nitrogens with zero attached hydrogens (tertiary/aromatic N) is 1. The van der Waals surface area contributed by atoms with Crippen LogP contribution in [0.25, 0.3) is 0 Å². The molecule has 0 aromatic rings. The van der Waals surface area contributed by atoms with Crippen LogP contribution in [0.15, 0.2) is 0 Å². The van der Waals surface area contributed by atoms with Gasteiger partial charge in [0.2, 0.25) is 0 Å². The van der Waals surface area contributed by atoms with Gasteiger partial charge in [0.15, 0.2) is 0 Å². The van der Waals surface area contributed by atoms with Gasteiger partial charge >= 0.3 is 0 Å². The van der Waals surface area contributed by atoms with Gasteiger partial charge in [-0.2, -0.15) is 0 Å². The molecular weight excluding hydrogens is 338 g/mol. The first-order valence-corrected chi connectivity index (χ1v) is 11.9. The molecule has 1 aliphatic rings. The number of likely N-dealkylation sites (tertiary alicyclic amines) is 1. The molecule has 4 heteroatoms. The second kappa shape index (κ2) is 15.7. The summed E-state index contributed by atoms with van der Waals surface area (Å²) in [6, 6.07) is -0.289. The van der Waals surface area contributed by atoms with Crippen LogP contribution in [-0.2, 0) is 0 Å². The first-order valence-electron chi connectivity index (χ1n) is 11.9. The van der Waals surface area contributed by atoms with Gasteiger partial charge in [-0.25, -0.2) is 0 Å². The Kier molecular flexibility index (Phi) is 14.5. The fraction of sp³-hybridized carbons (Fsp3) is 1.00. The number of unbranched alkanes of at least 4 members (excludes halogenated alkanes) is 12. The van der Waals surface area contributed by atoms with Gasteiger partial charge in [-0.05, 0) is 19.4 Å². The maximum absolute atomic E-state index is 10.5. The minimum Gasteiger partial charge on any atom is -0.395 e. The highest BCUT2D eigenvalue weighted by Gasteiger charge is 2.46. The number of hydrogen-bond acceptors (Lipinski definition) is 4. The zero-order chi connectivity index (χ0) is 19.9. The van der Waals surface area contributed by atoms with Gasteiger partial charge in [-0.15, -0.1) is 0 Å². The van der Waals surface area contributed by atoms with Crippen molar-refractivity contribution < 1.29 is 15.3 Å². The largest absolute Gasteiger partial charge is 0.395 e. The summed E-state index contributed by atoms with van der Waals surface area (Å²) in [4.78, 5) is 2.21. The molecule has 0 saturated carbocycles. The molecule has 4 atom stereocenters. The Balaban J connectivity index is 2.33. The van der Waals surface area contributed by atoms with E-state index in [1.807, 2.05) is 0 Å². The van der Waals surface area contributed by atoms with E-state index in [1.165, 1.54) is 77.0 Å². The van der Waals surface area contributed by atoms with Crippen LogP contribution in [0, 0.1) is 0 Å². The Morgan fingerprint density at radius 3 is 1.56 bits per heavy atom. The van der Waals surface area contributed by atoms with Crippen LogP contribution >= 0.6 is 0 Å². The lowest BCUT2D eigenvalue weighted by molar-refractivity contribution is 0.0173. The van der Waals surface area contributed by atoms with Gasteiger partial charge in [0.1, 0.15) is 0 Å². The predicted octanol–water partition coefficient (Wildman–Crippen LogP) is 4.64. The summed E-state index contributed by atoms with van der Waals surface area (Å²) < 4.78 is 0. The van der Waals surface area contributed by atoms with Gasteiger partial charge in [0.25, 0.3) is 0 Å². The van der Waals surface area contributed by atoms with E-state index in [0.717, 1.165) is 25.8 Å². The summed E-state index contributed by atoms with van der Waals surface area (Å²) in [5.74, 6) is 0. The van der Waals surface area contributed by atoms with E-state index < -0.39 is 12.2 Å². The molecule has 0 bridgehead atoms. The summed E-state index contributed by atoms with van der Waals surface area (Å²) in [5.41, 5.74) is 0. The minimum absolute atomic E-state index is 0.00730. The van der Waals surface area contributed by atoms with Crippen LogP contribution in [-0.4, -0.2) is 57.7 Å². The van der Waals surface area contributed by atoms with E-state index in [2.05, 4.69) is 18.7 Å². The van der Waals surface area contributed by atoms with Crippen LogP contribution < -0.4 is 0 Å². The van der Waals surface area contributed by atoms with Crippen molar-refractivity contribution in [3.8, 4) is 0 Å². The van der Waals surface area contributed by atoms with E-state index in [9.17, 15) is 15.3 Å². The van der Waals surface area contributed by atoms with E-state index >= 15 is 0 Å². The van der Waals surface area contributed by atoms with Crippen molar-refractivity contribution in [2.24, 2.45) is 0 Å². The smallest absolute Gasteiger partial charge is 0.0991 e. The quantitative estimate of drug-likeness (QED) is 0.319. The van der Waals surface area contributed by atoms with E-state index in [4.69, 9.17) is 0 Å². The molecule has 0 unspecified atom stereocenters. The lowest BCUT2D eigenvalue weighted by atomic mass is 10.0. The van der Waals surface area contributed by atoms with Crippen LogP contribution in [0.3, 0.4) is 0 Å². The SMILES string of the molecule is CCCCCCCCC[C@@H]1[C@H](O)[C@H](O)[C@@H](CO)N1CCCCCCCCC. The molecule has 0 amide bonds. The van der Waals surface area contributed by atoms with Crippen molar-refractivity contribution >= 4 is 0 Å². The topological polar surface area (TPSA) is 63.9 Å². The Bertz CT molecular complexity index is 340. The molecule has 0 aromatic carbocycles. The lowest BCUT2D eigenvalue weighted by Gasteiger charge is -2.29. The molecule has 0 spiro atoms. The molecule has 1 heterocycles. The molecule has 3 N–H and O–H groups in total. The van der Waals surface area contributed by atoms with Crippen LogP contribution in [0.2, 0.25) is 0 Å². The van der Waals surface area contributed by atoms with Crippen LogP contribution in [0.4, 0.5) is 0 Å². The molecule has 27 heavy (non-hydrogen) atoms. The van der Waals surface area contributed by atoms with Gasteiger partial charge in [-0.3, -0.25) is 4.90 Å². The summed E-state index contributed by atoms with van der Waals surface area (Å²) in [6.07, 6.45) is 17.1. The molecule has 0 radical (unpaired) electrons. The molecule has 0 aromatic heterocycles. The van der Waals surface area contributed by atoms with Crippen molar-refractivity contribution in [2.75, 3.05) is 13.2 Å². The van der Waals surface area contributed by atoms with Gasteiger partial charge in [0.05, 0.1) is 24.9 Å². The number of aliphatic hydroxyl groups excluding tert-OH is 3. The van der Waals surface area contributed by atoms with Crippen molar-refractivity contribution in [3.63, 3.8) is 0 Å². The number of aliphatic hydroxyl groups is 3. The fourth-order valence-electron chi connectivity index (χ4n) is 4.54.